The van der Waals surface area contributed by atoms with Gasteiger partial charge in [-0.1, -0.05) is 29.8 Å². The normalized spacial score (nSPS) is 17.2. The van der Waals surface area contributed by atoms with E-state index in [1.165, 1.54) is 7.11 Å². The molecule has 2 heterocycles. The lowest BCUT2D eigenvalue weighted by atomic mass is 10.0. The average Bonchev–Trinajstić information content (AvgIpc) is 2.80. The van der Waals surface area contributed by atoms with Crippen LogP contribution in [0.25, 0.3) is 0 Å². The molecule has 162 valence electrons. The summed E-state index contributed by atoms with van der Waals surface area (Å²) in [5.74, 6) is -0.257. The van der Waals surface area contributed by atoms with E-state index in [0.29, 0.717) is 53.8 Å². The fraction of sp³-hybridized carbons (Fsp3) is 0.318. The summed E-state index contributed by atoms with van der Waals surface area (Å²) in [5, 5.41) is 3.21. The first kappa shape index (κ1) is 21.1. The third-order valence-corrected chi connectivity index (χ3v) is 5.80. The van der Waals surface area contributed by atoms with Crippen LogP contribution in [0.15, 0.2) is 42.5 Å². The molecule has 2 aromatic carbocycles. The zero-order valence-electron chi connectivity index (χ0n) is 17.0. The van der Waals surface area contributed by atoms with Gasteiger partial charge in [0.1, 0.15) is 11.8 Å². The zero-order chi connectivity index (χ0) is 22.0. The molecule has 1 atom stereocenters. The Bertz CT molecular complexity index is 1020. The molecule has 31 heavy (non-hydrogen) atoms. The van der Waals surface area contributed by atoms with Crippen LogP contribution < -0.4 is 10.1 Å². The smallest absolute Gasteiger partial charge is 0.327 e. The third kappa shape index (κ3) is 4.35. The van der Waals surface area contributed by atoms with Crippen molar-refractivity contribution in [3.63, 3.8) is 0 Å². The number of rotatable bonds is 4. The molecule has 2 aromatic rings. The Labute approximate surface area is 184 Å². The van der Waals surface area contributed by atoms with Gasteiger partial charge in [0.25, 0.3) is 11.8 Å². The van der Waals surface area contributed by atoms with Gasteiger partial charge in [-0.05, 0) is 29.8 Å². The molecular weight excluding hydrogens is 422 g/mol. The fourth-order valence-corrected chi connectivity index (χ4v) is 4.09. The summed E-state index contributed by atoms with van der Waals surface area (Å²) in [7, 11) is 1.35. The first-order chi connectivity index (χ1) is 15.0. The first-order valence-corrected chi connectivity index (χ1v) is 10.3. The largest absolute Gasteiger partial charge is 0.482 e. The van der Waals surface area contributed by atoms with E-state index in [9.17, 15) is 14.4 Å². The molecule has 0 aliphatic carbocycles. The minimum atomic E-state index is -0.628. The number of carbonyl (C=O) groups excluding carboxylic acids is 3. The van der Waals surface area contributed by atoms with Gasteiger partial charge in [-0.2, -0.15) is 0 Å². The van der Waals surface area contributed by atoms with Crippen LogP contribution in [-0.2, 0) is 14.3 Å². The van der Waals surface area contributed by atoms with Crippen LogP contribution in [-0.4, -0.2) is 67.5 Å². The van der Waals surface area contributed by atoms with Gasteiger partial charge in [-0.25, -0.2) is 4.79 Å². The van der Waals surface area contributed by atoms with E-state index in [0.717, 1.165) is 0 Å². The Hall–Kier alpha value is -3.10. The highest BCUT2D eigenvalue weighted by molar-refractivity contribution is 6.31. The van der Waals surface area contributed by atoms with Crippen molar-refractivity contribution in [3.8, 4) is 5.75 Å². The second kappa shape index (κ2) is 8.95. The maximum absolute atomic E-state index is 13.0. The summed E-state index contributed by atoms with van der Waals surface area (Å²) in [4.78, 5) is 40.6. The molecule has 0 radical (unpaired) electrons. The van der Waals surface area contributed by atoms with E-state index >= 15 is 0 Å². The number of hydrogen-bond donors (Lipinski definition) is 1. The Morgan fingerprint density at radius 2 is 1.87 bits per heavy atom. The Kier molecular flexibility index (Phi) is 6.11. The predicted molar refractivity (Wildman–Crippen MR) is 114 cm³/mol. The number of piperazine rings is 1. The molecule has 1 fully saturated rings. The summed E-state index contributed by atoms with van der Waals surface area (Å²) >= 11 is 6.33. The summed E-state index contributed by atoms with van der Waals surface area (Å²) in [6.45, 7) is 1.82. The number of hydrogen-bond acceptors (Lipinski definition) is 6. The van der Waals surface area contributed by atoms with E-state index < -0.39 is 6.04 Å². The van der Waals surface area contributed by atoms with Gasteiger partial charge >= 0.3 is 5.97 Å². The van der Waals surface area contributed by atoms with Gasteiger partial charge in [0.15, 0.2) is 6.61 Å². The molecule has 0 saturated carbocycles. The lowest BCUT2D eigenvalue weighted by Crippen LogP contribution is -2.51. The topological polar surface area (TPSA) is 88.2 Å². The summed E-state index contributed by atoms with van der Waals surface area (Å²) in [5.41, 5.74) is 1.72. The van der Waals surface area contributed by atoms with Crippen molar-refractivity contribution in [3.05, 3.63) is 58.6 Å². The van der Waals surface area contributed by atoms with Gasteiger partial charge in [0.2, 0.25) is 0 Å². The number of nitrogens with zero attached hydrogens (tertiary/aromatic N) is 2. The van der Waals surface area contributed by atoms with Crippen molar-refractivity contribution in [1.82, 2.24) is 9.80 Å². The molecule has 2 aliphatic rings. The number of fused-ring (bicyclic) bond motifs is 1. The number of amides is 2. The molecule has 0 aromatic heterocycles. The second-order valence-electron chi connectivity index (χ2n) is 7.32. The molecule has 1 N–H and O–H groups in total. The lowest BCUT2D eigenvalue weighted by molar-refractivity contribution is -0.148. The molecule has 1 unspecified atom stereocenters. The molecule has 0 bridgehead atoms. The van der Waals surface area contributed by atoms with Gasteiger partial charge < -0.3 is 19.7 Å². The summed E-state index contributed by atoms with van der Waals surface area (Å²) in [6.07, 6.45) is 0. The number of carbonyl (C=O) groups is 3. The van der Waals surface area contributed by atoms with Crippen molar-refractivity contribution < 1.29 is 23.9 Å². The minimum Gasteiger partial charge on any atom is -0.482 e. The molecule has 1 saturated heterocycles. The molecule has 4 rings (SSSR count). The number of esters is 1. The number of ether oxygens (including phenoxy) is 2. The van der Waals surface area contributed by atoms with Crippen LogP contribution in [0, 0.1) is 0 Å². The van der Waals surface area contributed by atoms with E-state index in [2.05, 4.69) is 5.32 Å². The third-order valence-electron chi connectivity index (χ3n) is 5.45. The molecule has 0 spiro atoms. The van der Waals surface area contributed by atoms with Crippen molar-refractivity contribution in [2.45, 2.75) is 6.04 Å². The maximum Gasteiger partial charge on any atom is 0.327 e. The molecule has 9 heteroatoms. The first-order valence-electron chi connectivity index (χ1n) is 9.90. The van der Waals surface area contributed by atoms with Crippen LogP contribution in [0.4, 0.5) is 5.69 Å². The van der Waals surface area contributed by atoms with Gasteiger partial charge in [-0.15, -0.1) is 0 Å². The van der Waals surface area contributed by atoms with Crippen LogP contribution in [0.2, 0.25) is 5.02 Å². The highest BCUT2D eigenvalue weighted by Gasteiger charge is 2.34. The van der Waals surface area contributed by atoms with E-state index in [1.54, 1.807) is 29.2 Å². The van der Waals surface area contributed by atoms with Gasteiger partial charge in [0, 0.05) is 36.8 Å². The lowest BCUT2D eigenvalue weighted by Gasteiger charge is -2.38. The van der Waals surface area contributed by atoms with E-state index in [4.69, 9.17) is 21.1 Å². The van der Waals surface area contributed by atoms with Gasteiger partial charge in [-0.3, -0.25) is 14.5 Å². The van der Waals surface area contributed by atoms with Crippen LogP contribution in [0.3, 0.4) is 0 Å². The standard InChI is InChI=1S/C22H22ClN3O5/c1-30-22(29)20(15-4-2-3-5-16(15)23)25-8-10-26(11-9-25)21(28)14-6-7-17-18(12-14)31-13-19(27)24-17/h2-7,12,20H,8-11,13H2,1H3,(H,24,27). The number of halogens is 1. The number of methoxy groups -OCH3 is 1. The predicted octanol–water partition coefficient (Wildman–Crippen LogP) is 2.34. The summed E-state index contributed by atoms with van der Waals surface area (Å²) in [6, 6.07) is 11.5. The molecule has 8 nitrogen and oxygen atoms in total. The minimum absolute atomic E-state index is 0.0692. The summed E-state index contributed by atoms with van der Waals surface area (Å²) < 4.78 is 10.4. The van der Waals surface area contributed by atoms with Crippen molar-refractivity contribution in [2.75, 3.05) is 45.2 Å². The van der Waals surface area contributed by atoms with E-state index in [1.807, 2.05) is 23.1 Å². The van der Waals surface area contributed by atoms with Crippen LogP contribution >= 0.6 is 11.6 Å². The second-order valence-corrected chi connectivity index (χ2v) is 7.73. The number of anilines is 1. The van der Waals surface area contributed by atoms with Crippen LogP contribution in [0.5, 0.6) is 5.75 Å². The quantitative estimate of drug-likeness (QED) is 0.730. The molecule has 2 amide bonds. The SMILES string of the molecule is COC(=O)C(c1ccccc1Cl)N1CCN(C(=O)c2ccc3c(c2)OCC(=O)N3)CC1. The van der Waals surface area contributed by atoms with Crippen molar-refractivity contribution in [2.24, 2.45) is 0 Å². The monoisotopic (exact) mass is 443 g/mol. The Balaban J connectivity index is 1.46. The molecular formula is C22H22ClN3O5. The zero-order valence-corrected chi connectivity index (χ0v) is 17.7. The molecule has 2 aliphatic heterocycles. The van der Waals surface area contributed by atoms with Crippen molar-refractivity contribution >= 4 is 35.1 Å². The van der Waals surface area contributed by atoms with Gasteiger partial charge in [0.05, 0.1) is 12.8 Å². The number of nitrogens with one attached hydrogen (secondary N) is 1. The maximum atomic E-state index is 13.0. The van der Waals surface area contributed by atoms with Crippen LogP contribution in [0.1, 0.15) is 22.0 Å². The van der Waals surface area contributed by atoms with Crippen molar-refractivity contribution in [1.29, 1.82) is 0 Å². The average molecular weight is 444 g/mol. The fourth-order valence-electron chi connectivity index (χ4n) is 3.85. The number of benzene rings is 2. The Morgan fingerprint density at radius 3 is 2.58 bits per heavy atom. The Morgan fingerprint density at radius 1 is 1.13 bits per heavy atom. The highest BCUT2D eigenvalue weighted by Crippen LogP contribution is 2.31. The van der Waals surface area contributed by atoms with E-state index in [-0.39, 0.29) is 24.4 Å². The highest BCUT2D eigenvalue weighted by atomic mass is 35.5.